The molecule has 0 radical (unpaired) electrons. The maximum Gasteiger partial charge on any atom is 0.338 e. The number of hydrogen-bond donors (Lipinski definition) is 0. The molecular formula is C22H25NO6. The predicted molar refractivity (Wildman–Crippen MR) is 107 cm³/mol. The van der Waals surface area contributed by atoms with Gasteiger partial charge in [0.2, 0.25) is 5.75 Å². The number of carbonyl (C=O) groups is 2. The molecule has 1 heterocycles. The third-order valence-corrected chi connectivity index (χ3v) is 4.72. The molecule has 0 unspecified atom stereocenters. The highest BCUT2D eigenvalue weighted by Crippen LogP contribution is 2.40. The molecule has 7 nitrogen and oxygen atoms in total. The van der Waals surface area contributed by atoms with Gasteiger partial charge in [0.15, 0.2) is 18.1 Å². The Kier molecular flexibility index (Phi) is 6.26. The summed E-state index contributed by atoms with van der Waals surface area (Å²) < 4.78 is 21.5. The second kappa shape index (κ2) is 8.86. The number of likely N-dealkylation sites (N-methyl/N-ethyl adjacent to an activating group) is 1. The van der Waals surface area contributed by atoms with Crippen LogP contribution in [0.15, 0.2) is 30.3 Å². The second-order valence-electron chi connectivity index (χ2n) is 6.96. The Hall–Kier alpha value is -3.22. The fourth-order valence-electron chi connectivity index (χ4n) is 3.08. The van der Waals surface area contributed by atoms with Gasteiger partial charge in [-0.15, -0.1) is 0 Å². The topological polar surface area (TPSA) is 74.3 Å². The highest BCUT2D eigenvalue weighted by atomic mass is 16.6. The predicted octanol–water partition coefficient (Wildman–Crippen LogP) is 2.90. The number of rotatable bonds is 6. The van der Waals surface area contributed by atoms with E-state index in [1.807, 2.05) is 26.0 Å². The number of benzene rings is 2. The SMILES string of the molecule is COc1cc(C(=O)OCC(=O)N(C)Cc2ccc(C)cc2C)cc2c1OCCO2. The molecule has 0 N–H and O–H groups in total. The van der Waals surface area contributed by atoms with Crippen LogP contribution in [-0.2, 0) is 16.1 Å². The van der Waals surface area contributed by atoms with Gasteiger partial charge in [0, 0.05) is 13.6 Å². The number of nitrogens with zero attached hydrogens (tertiary/aromatic N) is 1. The van der Waals surface area contributed by atoms with Gasteiger partial charge in [0.25, 0.3) is 5.91 Å². The minimum Gasteiger partial charge on any atom is -0.493 e. The standard InChI is InChI=1S/C22H25NO6/c1-14-5-6-16(15(2)9-14)12-23(3)20(24)13-29-22(25)17-10-18(26-4)21-19(11-17)27-7-8-28-21/h5-6,9-11H,7-8,12-13H2,1-4H3. The molecule has 0 spiro atoms. The summed E-state index contributed by atoms with van der Waals surface area (Å²) in [5, 5.41) is 0. The average Bonchev–Trinajstić information content (AvgIpc) is 2.72. The third kappa shape index (κ3) is 4.80. The number of esters is 1. The molecule has 3 rings (SSSR count). The summed E-state index contributed by atoms with van der Waals surface area (Å²) >= 11 is 0. The Balaban J connectivity index is 1.62. The first-order chi connectivity index (χ1) is 13.9. The van der Waals surface area contributed by atoms with E-state index in [0.717, 1.165) is 11.1 Å². The highest BCUT2D eigenvalue weighted by Gasteiger charge is 2.22. The van der Waals surface area contributed by atoms with E-state index in [4.69, 9.17) is 18.9 Å². The number of methoxy groups -OCH3 is 1. The second-order valence-corrected chi connectivity index (χ2v) is 6.96. The van der Waals surface area contributed by atoms with Gasteiger partial charge in [-0.2, -0.15) is 0 Å². The molecule has 1 aliphatic heterocycles. The lowest BCUT2D eigenvalue weighted by Gasteiger charge is -2.21. The van der Waals surface area contributed by atoms with Crippen molar-refractivity contribution in [2.45, 2.75) is 20.4 Å². The first-order valence-electron chi connectivity index (χ1n) is 9.34. The molecule has 0 aromatic heterocycles. The first kappa shape index (κ1) is 20.5. The Morgan fingerprint density at radius 2 is 1.86 bits per heavy atom. The Morgan fingerprint density at radius 3 is 2.59 bits per heavy atom. The molecule has 2 aromatic carbocycles. The van der Waals surface area contributed by atoms with E-state index in [2.05, 4.69) is 6.07 Å². The Labute approximate surface area is 170 Å². The molecular weight excluding hydrogens is 374 g/mol. The van der Waals surface area contributed by atoms with Gasteiger partial charge < -0.3 is 23.8 Å². The van der Waals surface area contributed by atoms with E-state index in [1.54, 1.807) is 7.05 Å². The average molecular weight is 399 g/mol. The molecule has 2 aromatic rings. The van der Waals surface area contributed by atoms with Crippen molar-refractivity contribution < 1.29 is 28.5 Å². The van der Waals surface area contributed by atoms with Crippen LogP contribution in [0.25, 0.3) is 0 Å². The van der Waals surface area contributed by atoms with Crippen LogP contribution in [0.5, 0.6) is 17.2 Å². The minimum atomic E-state index is -0.631. The van der Waals surface area contributed by atoms with E-state index in [1.165, 1.54) is 29.7 Å². The lowest BCUT2D eigenvalue weighted by molar-refractivity contribution is -0.133. The molecule has 0 saturated carbocycles. The van der Waals surface area contributed by atoms with Crippen LogP contribution in [0.3, 0.4) is 0 Å². The Morgan fingerprint density at radius 1 is 1.10 bits per heavy atom. The van der Waals surface area contributed by atoms with E-state index >= 15 is 0 Å². The summed E-state index contributed by atoms with van der Waals surface area (Å²) in [4.78, 5) is 26.4. The minimum absolute atomic E-state index is 0.232. The lowest BCUT2D eigenvalue weighted by atomic mass is 10.1. The molecule has 0 saturated heterocycles. The largest absolute Gasteiger partial charge is 0.493 e. The van der Waals surface area contributed by atoms with E-state index < -0.39 is 5.97 Å². The van der Waals surface area contributed by atoms with Crippen LogP contribution in [0, 0.1) is 13.8 Å². The van der Waals surface area contributed by atoms with Crippen molar-refractivity contribution in [3.63, 3.8) is 0 Å². The van der Waals surface area contributed by atoms with E-state index in [0.29, 0.717) is 37.0 Å². The quantitative estimate of drug-likeness (QED) is 0.696. The smallest absolute Gasteiger partial charge is 0.338 e. The van der Waals surface area contributed by atoms with Crippen LogP contribution < -0.4 is 14.2 Å². The van der Waals surface area contributed by atoms with Crippen molar-refractivity contribution in [3.8, 4) is 17.2 Å². The van der Waals surface area contributed by atoms with Gasteiger partial charge in [0.05, 0.1) is 12.7 Å². The molecule has 0 bridgehead atoms. The van der Waals surface area contributed by atoms with E-state index in [-0.39, 0.29) is 18.1 Å². The Bertz CT molecular complexity index is 907. The van der Waals surface area contributed by atoms with Crippen molar-refractivity contribution in [3.05, 3.63) is 52.6 Å². The number of aryl methyl sites for hydroxylation is 2. The third-order valence-electron chi connectivity index (χ3n) is 4.72. The monoisotopic (exact) mass is 399 g/mol. The van der Waals surface area contributed by atoms with Crippen LogP contribution in [0.1, 0.15) is 27.0 Å². The normalized spacial score (nSPS) is 12.3. The van der Waals surface area contributed by atoms with Crippen LogP contribution >= 0.6 is 0 Å². The van der Waals surface area contributed by atoms with Crippen molar-refractivity contribution >= 4 is 11.9 Å². The van der Waals surface area contributed by atoms with Crippen LogP contribution in [0.2, 0.25) is 0 Å². The van der Waals surface area contributed by atoms with Crippen LogP contribution in [0.4, 0.5) is 0 Å². The maximum absolute atomic E-state index is 12.4. The molecule has 29 heavy (non-hydrogen) atoms. The zero-order valence-electron chi connectivity index (χ0n) is 17.1. The number of hydrogen-bond acceptors (Lipinski definition) is 6. The van der Waals surface area contributed by atoms with Crippen molar-refractivity contribution in [2.75, 3.05) is 34.0 Å². The van der Waals surface area contributed by atoms with Gasteiger partial charge in [0.1, 0.15) is 13.2 Å². The first-order valence-corrected chi connectivity index (χ1v) is 9.34. The van der Waals surface area contributed by atoms with Crippen LogP contribution in [-0.4, -0.2) is 50.8 Å². The van der Waals surface area contributed by atoms with Gasteiger partial charge in [-0.3, -0.25) is 4.79 Å². The van der Waals surface area contributed by atoms with Crippen molar-refractivity contribution in [1.82, 2.24) is 4.90 Å². The summed E-state index contributed by atoms with van der Waals surface area (Å²) in [5.74, 6) is 0.337. The van der Waals surface area contributed by atoms with Gasteiger partial charge in [-0.1, -0.05) is 23.8 Å². The summed E-state index contributed by atoms with van der Waals surface area (Å²) in [6.45, 7) is 4.93. The van der Waals surface area contributed by atoms with Gasteiger partial charge >= 0.3 is 5.97 Å². The van der Waals surface area contributed by atoms with Crippen molar-refractivity contribution in [1.29, 1.82) is 0 Å². The zero-order valence-corrected chi connectivity index (χ0v) is 17.1. The molecule has 0 aliphatic carbocycles. The molecule has 154 valence electrons. The molecule has 0 atom stereocenters. The molecule has 1 aliphatic rings. The lowest BCUT2D eigenvalue weighted by Crippen LogP contribution is -2.31. The maximum atomic E-state index is 12.4. The van der Waals surface area contributed by atoms with Gasteiger partial charge in [-0.05, 0) is 37.1 Å². The number of amides is 1. The fourth-order valence-corrected chi connectivity index (χ4v) is 3.08. The summed E-state index contributed by atoms with van der Waals surface area (Å²) in [6, 6.07) is 9.13. The number of carbonyl (C=O) groups excluding carboxylic acids is 2. The summed E-state index contributed by atoms with van der Waals surface area (Å²) in [5.41, 5.74) is 3.57. The highest BCUT2D eigenvalue weighted by molar-refractivity contribution is 5.92. The fraction of sp³-hybridized carbons (Fsp3) is 0.364. The number of fused-ring (bicyclic) bond motifs is 1. The number of ether oxygens (including phenoxy) is 4. The zero-order chi connectivity index (χ0) is 21.0. The summed E-state index contributed by atoms with van der Waals surface area (Å²) in [6.07, 6.45) is 0. The summed E-state index contributed by atoms with van der Waals surface area (Å²) in [7, 11) is 3.16. The molecule has 0 fully saturated rings. The van der Waals surface area contributed by atoms with E-state index in [9.17, 15) is 9.59 Å². The molecule has 7 heteroatoms. The van der Waals surface area contributed by atoms with Gasteiger partial charge in [-0.25, -0.2) is 4.79 Å². The molecule has 1 amide bonds. The van der Waals surface area contributed by atoms with Crippen molar-refractivity contribution in [2.24, 2.45) is 0 Å².